The fourth-order valence-corrected chi connectivity index (χ4v) is 0.621. The monoisotopic (exact) mass is 176 g/mol. The zero-order chi connectivity index (χ0) is 9.82. The molecule has 0 saturated carbocycles. The summed E-state index contributed by atoms with van der Waals surface area (Å²) in [6.45, 7) is 6.24. The summed E-state index contributed by atoms with van der Waals surface area (Å²) >= 11 is 0. The van der Waals surface area contributed by atoms with Gasteiger partial charge in [-0.05, 0) is 34.0 Å². The molecule has 0 heterocycles. The molecule has 1 atom stereocenters. The van der Waals surface area contributed by atoms with Crippen LogP contribution in [0.1, 0.15) is 20.3 Å². The molecule has 0 aliphatic carbocycles. The van der Waals surface area contributed by atoms with Gasteiger partial charge >= 0.3 is 0 Å². The van der Waals surface area contributed by atoms with Gasteiger partial charge in [-0.25, -0.2) is 0 Å². The van der Waals surface area contributed by atoms with Gasteiger partial charge in [-0.15, -0.1) is 0 Å². The molecule has 0 amide bonds. The summed E-state index contributed by atoms with van der Waals surface area (Å²) in [6, 6.07) is 0. The van der Waals surface area contributed by atoms with E-state index in [0.29, 0.717) is 6.10 Å². The van der Waals surface area contributed by atoms with Crippen molar-refractivity contribution in [2.24, 2.45) is 0 Å². The van der Waals surface area contributed by atoms with Crippen molar-refractivity contribution in [3.8, 4) is 0 Å². The summed E-state index contributed by atoms with van der Waals surface area (Å²) in [5.74, 6) is 0. The predicted octanol–water partition coefficient (Wildman–Crippen LogP) is 0.856. The first-order valence-corrected chi connectivity index (χ1v) is 4.54. The average molecular weight is 176 g/mol. The van der Waals surface area contributed by atoms with E-state index >= 15 is 0 Å². The maximum atomic E-state index is 4.93. The van der Waals surface area contributed by atoms with E-state index in [-0.39, 0.29) is 0 Å². The van der Waals surface area contributed by atoms with Gasteiger partial charge in [0.25, 0.3) is 0 Å². The summed E-state index contributed by atoms with van der Waals surface area (Å²) in [7, 11) is 5.58. The third-order valence-corrected chi connectivity index (χ3v) is 1.39. The van der Waals surface area contributed by atoms with Crippen LogP contribution in [0, 0.1) is 0 Å². The van der Waals surface area contributed by atoms with Gasteiger partial charge in [0.15, 0.2) is 0 Å². The third kappa shape index (κ3) is 16.5. The SMILES string of the molecule is CCCNC.CNCC(C)OC. The van der Waals surface area contributed by atoms with Gasteiger partial charge in [-0.2, -0.15) is 0 Å². The van der Waals surface area contributed by atoms with Crippen molar-refractivity contribution < 1.29 is 4.74 Å². The normalized spacial score (nSPS) is 11.8. The largest absolute Gasteiger partial charge is 0.380 e. The number of rotatable bonds is 5. The second-order valence-corrected chi connectivity index (χ2v) is 2.71. The number of methoxy groups -OCH3 is 1. The van der Waals surface area contributed by atoms with Crippen molar-refractivity contribution in [3.05, 3.63) is 0 Å². The van der Waals surface area contributed by atoms with E-state index < -0.39 is 0 Å². The number of nitrogens with one attached hydrogen (secondary N) is 2. The molecule has 0 fully saturated rings. The molecule has 0 aromatic rings. The Morgan fingerprint density at radius 2 is 1.83 bits per heavy atom. The van der Waals surface area contributed by atoms with Crippen molar-refractivity contribution >= 4 is 0 Å². The molecular formula is C9H24N2O. The first-order valence-electron chi connectivity index (χ1n) is 4.54. The molecule has 0 rings (SSSR count). The fourth-order valence-electron chi connectivity index (χ4n) is 0.621. The van der Waals surface area contributed by atoms with Gasteiger partial charge in [0, 0.05) is 13.7 Å². The average Bonchev–Trinajstić information content (AvgIpc) is 2.07. The highest BCUT2D eigenvalue weighted by Gasteiger charge is 1.92. The van der Waals surface area contributed by atoms with E-state index in [1.807, 2.05) is 21.0 Å². The number of hydrogen-bond donors (Lipinski definition) is 2. The summed E-state index contributed by atoms with van der Waals surface area (Å²) in [5.41, 5.74) is 0. The Hall–Kier alpha value is -0.120. The number of hydrogen-bond acceptors (Lipinski definition) is 3. The Morgan fingerprint density at radius 1 is 1.25 bits per heavy atom. The van der Waals surface area contributed by atoms with Crippen LogP contribution in [0.25, 0.3) is 0 Å². The topological polar surface area (TPSA) is 33.3 Å². The van der Waals surface area contributed by atoms with E-state index in [1.54, 1.807) is 7.11 Å². The lowest BCUT2D eigenvalue weighted by Gasteiger charge is -2.05. The van der Waals surface area contributed by atoms with Crippen LogP contribution in [0.2, 0.25) is 0 Å². The van der Waals surface area contributed by atoms with Gasteiger partial charge in [-0.3, -0.25) is 0 Å². The zero-order valence-corrected chi connectivity index (χ0v) is 9.11. The van der Waals surface area contributed by atoms with Gasteiger partial charge in [0.2, 0.25) is 0 Å². The van der Waals surface area contributed by atoms with Crippen molar-refractivity contribution in [3.63, 3.8) is 0 Å². The molecule has 0 aromatic heterocycles. The van der Waals surface area contributed by atoms with Crippen LogP contribution in [0.5, 0.6) is 0 Å². The highest BCUT2D eigenvalue weighted by Crippen LogP contribution is 1.80. The Morgan fingerprint density at radius 3 is 1.92 bits per heavy atom. The molecular weight excluding hydrogens is 152 g/mol. The van der Waals surface area contributed by atoms with Gasteiger partial charge < -0.3 is 15.4 Å². The quantitative estimate of drug-likeness (QED) is 0.652. The number of likely N-dealkylation sites (N-methyl/N-ethyl adjacent to an activating group) is 1. The van der Waals surface area contributed by atoms with Crippen LogP contribution in [-0.2, 0) is 4.74 Å². The minimum absolute atomic E-state index is 0.338. The molecule has 76 valence electrons. The predicted molar refractivity (Wildman–Crippen MR) is 54.6 cm³/mol. The molecule has 1 unspecified atom stereocenters. The molecule has 0 aliphatic rings. The maximum Gasteiger partial charge on any atom is 0.0667 e. The lowest BCUT2D eigenvalue weighted by Crippen LogP contribution is -2.21. The standard InChI is InChI=1S/C5H13NO.C4H11N/c1-5(7-3)4-6-2;1-3-4-5-2/h5-6H,4H2,1-3H3;5H,3-4H2,1-2H3. The molecule has 2 N–H and O–H groups in total. The smallest absolute Gasteiger partial charge is 0.0667 e. The second-order valence-electron chi connectivity index (χ2n) is 2.71. The van der Waals surface area contributed by atoms with Crippen LogP contribution in [0.3, 0.4) is 0 Å². The summed E-state index contributed by atoms with van der Waals surface area (Å²) in [4.78, 5) is 0. The van der Waals surface area contributed by atoms with E-state index in [2.05, 4.69) is 17.6 Å². The summed E-state index contributed by atoms with van der Waals surface area (Å²) < 4.78 is 4.93. The number of ether oxygens (including phenoxy) is 1. The van der Waals surface area contributed by atoms with E-state index in [1.165, 1.54) is 6.42 Å². The molecule has 3 nitrogen and oxygen atoms in total. The van der Waals surface area contributed by atoms with Gasteiger partial charge in [-0.1, -0.05) is 6.92 Å². The highest BCUT2D eigenvalue weighted by molar-refractivity contribution is 4.48. The Bertz CT molecular complexity index is 67.5. The lowest BCUT2D eigenvalue weighted by atomic mass is 10.4. The van der Waals surface area contributed by atoms with Crippen molar-refractivity contribution in [1.82, 2.24) is 10.6 Å². The Labute approximate surface area is 76.9 Å². The van der Waals surface area contributed by atoms with Crippen LogP contribution in [0.4, 0.5) is 0 Å². The highest BCUT2D eigenvalue weighted by atomic mass is 16.5. The summed E-state index contributed by atoms with van der Waals surface area (Å²) in [5, 5.41) is 6.01. The molecule has 0 spiro atoms. The van der Waals surface area contributed by atoms with Gasteiger partial charge in [0.1, 0.15) is 0 Å². The van der Waals surface area contributed by atoms with Crippen molar-refractivity contribution in [1.29, 1.82) is 0 Å². The van der Waals surface area contributed by atoms with Crippen molar-refractivity contribution in [2.75, 3.05) is 34.3 Å². The van der Waals surface area contributed by atoms with E-state index in [4.69, 9.17) is 4.74 Å². The van der Waals surface area contributed by atoms with Crippen molar-refractivity contribution in [2.45, 2.75) is 26.4 Å². The van der Waals surface area contributed by atoms with Gasteiger partial charge in [0.05, 0.1) is 6.10 Å². The maximum absolute atomic E-state index is 4.93. The third-order valence-electron chi connectivity index (χ3n) is 1.39. The molecule has 0 aromatic carbocycles. The fraction of sp³-hybridized carbons (Fsp3) is 1.00. The first kappa shape index (κ1) is 14.4. The molecule has 0 bridgehead atoms. The minimum Gasteiger partial charge on any atom is -0.380 e. The summed E-state index contributed by atoms with van der Waals surface area (Å²) in [6.07, 6.45) is 1.57. The first-order chi connectivity index (χ1) is 5.72. The van der Waals surface area contributed by atoms with Crippen LogP contribution < -0.4 is 10.6 Å². The molecule has 0 aliphatic heterocycles. The molecule has 0 saturated heterocycles. The molecule has 3 heteroatoms. The zero-order valence-electron chi connectivity index (χ0n) is 9.11. The van der Waals surface area contributed by atoms with E-state index in [9.17, 15) is 0 Å². The second kappa shape index (κ2) is 13.5. The van der Waals surface area contributed by atoms with Crippen LogP contribution in [0.15, 0.2) is 0 Å². The lowest BCUT2D eigenvalue weighted by molar-refractivity contribution is 0.119. The Balaban J connectivity index is 0. The van der Waals surface area contributed by atoms with Crippen LogP contribution in [-0.4, -0.2) is 40.4 Å². The minimum atomic E-state index is 0.338. The van der Waals surface area contributed by atoms with E-state index in [0.717, 1.165) is 13.1 Å². The Kier molecular flexibility index (Phi) is 16.2. The molecule has 0 radical (unpaired) electrons. The van der Waals surface area contributed by atoms with Crippen LogP contribution >= 0.6 is 0 Å². The molecule has 12 heavy (non-hydrogen) atoms.